The number of aromatic nitrogens is 8. The minimum Gasteiger partial charge on any atom is -0.347 e. The smallest absolute Gasteiger partial charge is 0.242 e. The molecule has 0 aliphatic heterocycles. The highest BCUT2D eigenvalue weighted by Gasteiger charge is 2.18. The van der Waals surface area contributed by atoms with Gasteiger partial charge in [0.15, 0.2) is 0 Å². The molecule has 0 saturated carbocycles. The predicted molar refractivity (Wildman–Crippen MR) is 245 cm³/mol. The maximum Gasteiger partial charge on any atom is 0.242 e. The van der Waals surface area contributed by atoms with E-state index in [-0.39, 0.29) is 24.9 Å². The van der Waals surface area contributed by atoms with Crippen molar-refractivity contribution in [2.24, 2.45) is 0 Å². The summed E-state index contributed by atoms with van der Waals surface area (Å²) in [6, 6.07) is 19.0. The van der Waals surface area contributed by atoms with Crippen LogP contribution in [0.5, 0.6) is 0 Å². The van der Waals surface area contributed by atoms with Gasteiger partial charge in [0, 0.05) is 43.4 Å². The molecule has 60 heavy (non-hydrogen) atoms. The number of H-pyrrole nitrogens is 4. The number of carbonyl (C=O) groups is 2. The second kappa shape index (κ2) is 24.5. The summed E-state index contributed by atoms with van der Waals surface area (Å²) in [5.41, 5.74) is 5.85. The molecule has 0 spiro atoms. The number of benzene rings is 3. The van der Waals surface area contributed by atoms with Crippen molar-refractivity contribution in [3.63, 3.8) is 0 Å². The van der Waals surface area contributed by atoms with Crippen LogP contribution in [0.25, 0.3) is 44.2 Å². The van der Waals surface area contributed by atoms with Gasteiger partial charge in [0.05, 0.1) is 49.1 Å². The van der Waals surface area contributed by atoms with E-state index in [0.717, 1.165) is 68.7 Å². The van der Waals surface area contributed by atoms with E-state index in [1.54, 1.807) is 34.6 Å². The van der Waals surface area contributed by atoms with E-state index in [2.05, 4.69) is 136 Å². The number of nitrogens with one attached hydrogen (secondary N) is 6. The maximum absolute atomic E-state index is 13.0. The molecule has 0 fully saturated rings. The molecule has 0 aliphatic carbocycles. The minimum atomic E-state index is -0.0226. The summed E-state index contributed by atoms with van der Waals surface area (Å²) in [4.78, 5) is 59.9. The summed E-state index contributed by atoms with van der Waals surface area (Å²) >= 11 is 0. The van der Waals surface area contributed by atoms with Gasteiger partial charge in [0.1, 0.15) is 11.6 Å². The highest BCUT2D eigenvalue weighted by molar-refractivity contribution is 5.92. The Hall–Kier alpha value is -6.44. The Morgan fingerprint density at radius 1 is 0.617 bits per heavy atom. The van der Waals surface area contributed by atoms with Gasteiger partial charge in [-0.1, -0.05) is 98.6 Å². The van der Waals surface area contributed by atoms with Crippen LogP contribution in [0.2, 0.25) is 0 Å². The fourth-order valence-corrected chi connectivity index (χ4v) is 6.25. The molecule has 4 heterocycles. The molecule has 14 heteroatoms. The van der Waals surface area contributed by atoms with Crippen LogP contribution in [0.3, 0.4) is 0 Å². The topological polar surface area (TPSA) is 179 Å². The molecular formula is C46H64N12O2. The first-order valence-corrected chi connectivity index (χ1v) is 21.4. The summed E-state index contributed by atoms with van der Waals surface area (Å²) in [5.74, 6) is 2.57. The van der Waals surface area contributed by atoms with Crippen molar-refractivity contribution >= 4 is 45.5 Å². The monoisotopic (exact) mass is 817 g/mol. The third kappa shape index (κ3) is 13.3. The van der Waals surface area contributed by atoms with E-state index < -0.39 is 0 Å². The lowest BCUT2D eigenvalue weighted by atomic mass is 9.99. The van der Waals surface area contributed by atoms with Crippen LogP contribution in [0.1, 0.15) is 92.7 Å². The van der Waals surface area contributed by atoms with Crippen molar-refractivity contribution < 1.29 is 9.59 Å². The molecule has 0 bridgehead atoms. The summed E-state index contributed by atoms with van der Waals surface area (Å²) in [5, 5.41) is 8.29. The van der Waals surface area contributed by atoms with Crippen molar-refractivity contribution in [2.75, 3.05) is 36.8 Å². The van der Waals surface area contributed by atoms with Gasteiger partial charge in [-0.2, -0.15) is 0 Å². The van der Waals surface area contributed by atoms with Crippen LogP contribution >= 0.6 is 0 Å². The molecule has 0 unspecified atom stereocenters. The van der Waals surface area contributed by atoms with Crippen molar-refractivity contribution in [2.45, 2.75) is 94.2 Å². The van der Waals surface area contributed by atoms with Crippen molar-refractivity contribution in [3.8, 4) is 22.4 Å². The SMILES string of the molecule is CC.CCC.CCC.CCCN(Cc1ncc(-c2ccc3cc(-c4ccc5nc(CN(CCC)C(=O)CNc6ncc[nH]6)[nH]c5c4)ccc3c2)[nH]1)C(=O)CNc1ncc[nH]1. The molecular weight excluding hydrogens is 753 g/mol. The number of aromatic amines is 4. The van der Waals surface area contributed by atoms with E-state index in [4.69, 9.17) is 4.98 Å². The molecule has 320 valence electrons. The minimum absolute atomic E-state index is 0.0209. The van der Waals surface area contributed by atoms with E-state index in [1.807, 2.05) is 26.1 Å². The Labute approximate surface area is 354 Å². The van der Waals surface area contributed by atoms with E-state index >= 15 is 0 Å². The average molecular weight is 817 g/mol. The number of carbonyl (C=O) groups excluding carboxylic acids is 2. The van der Waals surface area contributed by atoms with Gasteiger partial charge in [-0.3, -0.25) is 9.59 Å². The first-order valence-electron chi connectivity index (χ1n) is 21.4. The number of fused-ring (bicyclic) bond motifs is 2. The lowest BCUT2D eigenvalue weighted by Gasteiger charge is -2.21. The van der Waals surface area contributed by atoms with Gasteiger partial charge < -0.3 is 40.4 Å². The Kier molecular flexibility index (Phi) is 18.9. The van der Waals surface area contributed by atoms with Gasteiger partial charge in [0.2, 0.25) is 23.7 Å². The van der Waals surface area contributed by atoms with Crippen LogP contribution in [0, 0.1) is 0 Å². The maximum atomic E-state index is 13.0. The molecule has 7 rings (SSSR count). The molecule has 7 aromatic rings. The number of hydrogen-bond acceptors (Lipinski definition) is 8. The molecule has 4 aromatic heterocycles. The quantitative estimate of drug-likeness (QED) is 0.0558. The number of nitrogens with zero attached hydrogens (tertiary/aromatic N) is 6. The Balaban J connectivity index is 0.000000925. The molecule has 0 aliphatic rings. The fourth-order valence-electron chi connectivity index (χ4n) is 6.25. The summed E-state index contributed by atoms with van der Waals surface area (Å²) < 4.78 is 0. The lowest BCUT2D eigenvalue weighted by Crippen LogP contribution is -2.36. The zero-order chi connectivity index (χ0) is 43.3. The first kappa shape index (κ1) is 46.3. The van der Waals surface area contributed by atoms with E-state index in [0.29, 0.717) is 38.1 Å². The summed E-state index contributed by atoms with van der Waals surface area (Å²) in [6.45, 7) is 19.0. The molecule has 0 radical (unpaired) electrons. The first-order chi connectivity index (χ1) is 29.3. The second-order valence-electron chi connectivity index (χ2n) is 14.1. The van der Waals surface area contributed by atoms with Gasteiger partial charge in [0.25, 0.3) is 0 Å². The number of amides is 2. The number of imidazole rings is 4. The molecule has 14 nitrogen and oxygen atoms in total. The highest BCUT2D eigenvalue weighted by atomic mass is 16.2. The molecule has 0 atom stereocenters. The van der Waals surface area contributed by atoms with Crippen LogP contribution < -0.4 is 10.6 Å². The normalized spacial score (nSPS) is 10.5. The largest absolute Gasteiger partial charge is 0.347 e. The number of rotatable bonds is 16. The molecule has 3 aromatic carbocycles. The Bertz CT molecular complexity index is 2290. The van der Waals surface area contributed by atoms with Gasteiger partial charge >= 0.3 is 0 Å². The van der Waals surface area contributed by atoms with Gasteiger partial charge in [-0.15, -0.1) is 0 Å². The van der Waals surface area contributed by atoms with Gasteiger partial charge in [-0.05, 0) is 59.0 Å². The van der Waals surface area contributed by atoms with E-state index in [1.165, 1.54) is 12.8 Å². The van der Waals surface area contributed by atoms with Crippen molar-refractivity contribution in [1.82, 2.24) is 49.7 Å². The Morgan fingerprint density at radius 3 is 1.65 bits per heavy atom. The molecule has 0 saturated heterocycles. The fraction of sp³-hybridized carbons (Fsp3) is 0.391. The van der Waals surface area contributed by atoms with Crippen LogP contribution in [-0.2, 0) is 22.7 Å². The third-order valence-corrected chi connectivity index (χ3v) is 8.83. The van der Waals surface area contributed by atoms with Gasteiger partial charge in [-0.25, -0.2) is 19.9 Å². The van der Waals surface area contributed by atoms with Crippen molar-refractivity contribution in [3.05, 3.63) is 97.2 Å². The highest BCUT2D eigenvalue weighted by Crippen LogP contribution is 2.30. The molecule has 2 amide bonds. The Morgan fingerprint density at radius 2 is 1.12 bits per heavy atom. The van der Waals surface area contributed by atoms with E-state index in [9.17, 15) is 9.59 Å². The average Bonchev–Trinajstić information content (AvgIpc) is 4.11. The van der Waals surface area contributed by atoms with Crippen LogP contribution in [0.15, 0.2) is 85.6 Å². The van der Waals surface area contributed by atoms with Crippen molar-refractivity contribution in [1.29, 1.82) is 0 Å². The third-order valence-electron chi connectivity index (χ3n) is 8.83. The zero-order valence-corrected chi connectivity index (χ0v) is 36.7. The lowest BCUT2D eigenvalue weighted by molar-refractivity contribution is -0.130. The molecule has 6 N–H and O–H groups in total. The standard InChI is InChI=1S/C38H42N12O2.2C3H8.C2H6/c1-3-15-49(35(51)21-44-37-39-11-12-40-37)23-33-43-20-32(48-33)29-8-7-25-17-26(5-6-27(25)18-29)28-9-10-30-31(19-28)47-34(46-30)24-50(16-4-2)36(52)22-45-38-41-13-14-42-38;2*1-3-2;1-2/h5-14,17-20H,3-4,15-16,21-24H2,1-2H3,(H,43,48)(H,46,47)(H2,39,40,44)(H2,41,42,45);2*3H2,1-2H3;1-2H3. The van der Waals surface area contributed by atoms with Crippen LogP contribution in [0.4, 0.5) is 11.9 Å². The van der Waals surface area contributed by atoms with Crippen LogP contribution in [-0.4, -0.2) is 87.7 Å². The zero-order valence-electron chi connectivity index (χ0n) is 36.7. The summed E-state index contributed by atoms with van der Waals surface area (Å²) in [6.07, 6.45) is 12.7. The number of anilines is 2. The predicted octanol–water partition coefficient (Wildman–Crippen LogP) is 9.78. The summed E-state index contributed by atoms with van der Waals surface area (Å²) in [7, 11) is 0. The second-order valence-corrected chi connectivity index (χ2v) is 14.1. The number of hydrogen-bond donors (Lipinski definition) is 6.